The van der Waals surface area contributed by atoms with Crippen molar-refractivity contribution in [3.05, 3.63) is 54.1 Å². The topological polar surface area (TPSA) is 64.4 Å². The zero-order chi connectivity index (χ0) is 12.8. The lowest BCUT2D eigenvalue weighted by Crippen LogP contribution is -2.08. The van der Waals surface area contributed by atoms with E-state index in [4.69, 9.17) is 4.74 Å². The van der Waals surface area contributed by atoms with E-state index in [0.29, 0.717) is 12.2 Å². The second-order valence-corrected chi connectivity index (χ2v) is 3.83. The number of hydrogen-bond donors (Lipinski definition) is 1. The molecule has 1 aromatic heterocycles. The van der Waals surface area contributed by atoms with Crippen molar-refractivity contribution in [1.82, 2.24) is 9.71 Å². The van der Waals surface area contributed by atoms with E-state index < -0.39 is 0 Å². The van der Waals surface area contributed by atoms with Crippen molar-refractivity contribution in [2.45, 2.75) is 19.4 Å². The van der Waals surface area contributed by atoms with E-state index in [2.05, 4.69) is 4.98 Å². The van der Waals surface area contributed by atoms with E-state index in [1.165, 1.54) is 12.4 Å². The first kappa shape index (κ1) is 12.2. The highest BCUT2D eigenvalue weighted by Gasteiger charge is 2.07. The largest absolute Gasteiger partial charge is 0.461 e. The number of carbonyl (C=O) groups excluding carboxylic acids is 1. The Balaban J connectivity index is 1.75. The SMILES string of the molecule is O=C(CCc1nccn1O)OCc1ccccc1. The second-order valence-electron chi connectivity index (χ2n) is 3.83. The highest BCUT2D eigenvalue weighted by atomic mass is 16.5. The number of carbonyl (C=O) groups is 1. The van der Waals surface area contributed by atoms with E-state index in [0.717, 1.165) is 10.3 Å². The smallest absolute Gasteiger partial charge is 0.306 e. The quantitative estimate of drug-likeness (QED) is 0.645. The van der Waals surface area contributed by atoms with Gasteiger partial charge in [-0.05, 0) is 5.56 Å². The molecule has 1 N–H and O–H groups in total. The van der Waals surface area contributed by atoms with Crippen molar-refractivity contribution in [2.75, 3.05) is 0 Å². The Morgan fingerprint density at radius 1 is 1.33 bits per heavy atom. The summed E-state index contributed by atoms with van der Waals surface area (Å²) in [5, 5.41) is 9.27. The van der Waals surface area contributed by atoms with Gasteiger partial charge in [-0.2, -0.15) is 4.73 Å². The van der Waals surface area contributed by atoms with E-state index in [-0.39, 0.29) is 19.0 Å². The van der Waals surface area contributed by atoms with Crippen molar-refractivity contribution in [1.29, 1.82) is 0 Å². The molecule has 0 amide bonds. The maximum Gasteiger partial charge on any atom is 0.306 e. The molecule has 0 aliphatic carbocycles. The molecule has 0 unspecified atom stereocenters. The number of benzene rings is 1. The minimum atomic E-state index is -0.304. The molecule has 2 aromatic rings. The lowest BCUT2D eigenvalue weighted by atomic mass is 10.2. The third-order valence-electron chi connectivity index (χ3n) is 2.49. The van der Waals surface area contributed by atoms with Crippen molar-refractivity contribution in [3.8, 4) is 0 Å². The van der Waals surface area contributed by atoms with E-state index in [9.17, 15) is 10.0 Å². The molecule has 0 spiro atoms. The van der Waals surface area contributed by atoms with Crippen molar-refractivity contribution in [2.24, 2.45) is 0 Å². The Labute approximate surface area is 105 Å². The van der Waals surface area contributed by atoms with E-state index >= 15 is 0 Å². The zero-order valence-electron chi connectivity index (χ0n) is 9.82. The summed E-state index contributed by atoms with van der Waals surface area (Å²) in [4.78, 5) is 15.4. The molecule has 0 aliphatic heterocycles. The Morgan fingerprint density at radius 2 is 2.11 bits per heavy atom. The van der Waals surface area contributed by atoms with Crippen LogP contribution in [0.3, 0.4) is 0 Å². The van der Waals surface area contributed by atoms with Crippen LogP contribution in [0, 0.1) is 0 Å². The van der Waals surface area contributed by atoms with Gasteiger partial charge in [-0.1, -0.05) is 30.3 Å². The first-order chi connectivity index (χ1) is 8.75. The van der Waals surface area contributed by atoms with Gasteiger partial charge in [0.1, 0.15) is 12.4 Å². The fraction of sp³-hybridized carbons (Fsp3) is 0.231. The molecule has 2 rings (SSSR count). The third kappa shape index (κ3) is 3.35. The summed E-state index contributed by atoms with van der Waals surface area (Å²) in [6, 6.07) is 9.49. The second kappa shape index (κ2) is 5.86. The molecule has 94 valence electrons. The fourth-order valence-corrected chi connectivity index (χ4v) is 1.53. The number of nitrogens with zero attached hydrogens (tertiary/aromatic N) is 2. The molecule has 0 atom stereocenters. The maximum absolute atomic E-state index is 11.5. The van der Waals surface area contributed by atoms with Crippen LogP contribution in [0.5, 0.6) is 0 Å². The first-order valence-electron chi connectivity index (χ1n) is 5.67. The predicted octanol–water partition coefficient (Wildman–Crippen LogP) is 1.80. The maximum atomic E-state index is 11.5. The molecule has 0 bridgehead atoms. The molecule has 0 aliphatic rings. The number of hydrogen-bond acceptors (Lipinski definition) is 4. The standard InChI is InChI=1S/C13H14N2O3/c16-13(7-6-12-14-8-9-15(12)17)18-10-11-4-2-1-3-5-11/h1-5,8-9,17H,6-7,10H2. The minimum absolute atomic E-state index is 0.199. The first-order valence-corrected chi connectivity index (χ1v) is 5.67. The van der Waals surface area contributed by atoms with Gasteiger partial charge in [0, 0.05) is 12.6 Å². The summed E-state index contributed by atoms with van der Waals surface area (Å²) >= 11 is 0. The summed E-state index contributed by atoms with van der Waals surface area (Å²) in [5.74, 6) is 0.147. The normalized spacial score (nSPS) is 10.2. The molecule has 0 saturated carbocycles. The van der Waals surface area contributed by atoms with Crippen LogP contribution in [0.4, 0.5) is 0 Å². The highest BCUT2D eigenvalue weighted by molar-refractivity contribution is 5.69. The summed E-state index contributed by atoms with van der Waals surface area (Å²) in [6.45, 7) is 0.271. The van der Waals surface area contributed by atoms with Crippen molar-refractivity contribution >= 4 is 5.97 Å². The summed E-state index contributed by atoms with van der Waals surface area (Å²) in [5.41, 5.74) is 0.953. The van der Waals surface area contributed by atoms with Gasteiger partial charge in [0.05, 0.1) is 12.6 Å². The fourth-order valence-electron chi connectivity index (χ4n) is 1.53. The van der Waals surface area contributed by atoms with Crippen LogP contribution in [0.2, 0.25) is 0 Å². The van der Waals surface area contributed by atoms with Gasteiger partial charge in [-0.15, -0.1) is 0 Å². The van der Waals surface area contributed by atoms with Gasteiger partial charge >= 0.3 is 5.97 Å². The van der Waals surface area contributed by atoms with Crippen LogP contribution in [0.1, 0.15) is 17.8 Å². The average Bonchev–Trinajstić information content (AvgIpc) is 2.81. The number of rotatable bonds is 5. The Morgan fingerprint density at radius 3 is 2.78 bits per heavy atom. The molecule has 1 aromatic carbocycles. The monoisotopic (exact) mass is 246 g/mol. The van der Waals surface area contributed by atoms with Gasteiger partial charge in [0.2, 0.25) is 0 Å². The molecule has 0 fully saturated rings. The number of aromatic nitrogens is 2. The molecule has 5 nitrogen and oxygen atoms in total. The number of imidazole rings is 1. The number of esters is 1. The van der Waals surface area contributed by atoms with Crippen molar-refractivity contribution < 1.29 is 14.7 Å². The van der Waals surface area contributed by atoms with E-state index in [1.54, 1.807) is 0 Å². The van der Waals surface area contributed by atoms with Crippen LogP contribution < -0.4 is 0 Å². The van der Waals surface area contributed by atoms with Gasteiger partial charge in [-0.3, -0.25) is 4.79 Å². The van der Waals surface area contributed by atoms with Crippen LogP contribution in [-0.4, -0.2) is 20.9 Å². The van der Waals surface area contributed by atoms with Crippen molar-refractivity contribution in [3.63, 3.8) is 0 Å². The van der Waals surface area contributed by atoms with Crippen LogP contribution in [0.15, 0.2) is 42.7 Å². The molecule has 1 heterocycles. The molecular formula is C13H14N2O3. The molecular weight excluding hydrogens is 232 g/mol. The van der Waals surface area contributed by atoms with Crippen LogP contribution in [0.25, 0.3) is 0 Å². The van der Waals surface area contributed by atoms with Crippen LogP contribution >= 0.6 is 0 Å². The third-order valence-corrected chi connectivity index (χ3v) is 2.49. The van der Waals surface area contributed by atoms with Gasteiger partial charge in [0.15, 0.2) is 0 Å². The average molecular weight is 246 g/mol. The minimum Gasteiger partial charge on any atom is -0.461 e. The summed E-state index contributed by atoms with van der Waals surface area (Å²) < 4.78 is 6.02. The molecule has 18 heavy (non-hydrogen) atoms. The Kier molecular flexibility index (Phi) is 3.96. The van der Waals surface area contributed by atoms with E-state index in [1.807, 2.05) is 30.3 Å². The number of aryl methyl sites for hydroxylation is 1. The molecule has 0 radical (unpaired) electrons. The zero-order valence-corrected chi connectivity index (χ0v) is 9.82. The van der Waals surface area contributed by atoms with Gasteiger partial charge in [0.25, 0.3) is 0 Å². The lowest BCUT2D eigenvalue weighted by molar-refractivity contribution is -0.144. The summed E-state index contributed by atoms with van der Waals surface area (Å²) in [7, 11) is 0. The Bertz CT molecular complexity index is 508. The Hall–Kier alpha value is -2.30. The highest BCUT2D eigenvalue weighted by Crippen LogP contribution is 2.04. The lowest BCUT2D eigenvalue weighted by Gasteiger charge is -2.04. The van der Waals surface area contributed by atoms with Gasteiger partial charge in [-0.25, -0.2) is 4.98 Å². The summed E-state index contributed by atoms with van der Waals surface area (Å²) in [6.07, 6.45) is 3.46. The van der Waals surface area contributed by atoms with Gasteiger partial charge < -0.3 is 9.94 Å². The van der Waals surface area contributed by atoms with Crippen LogP contribution in [-0.2, 0) is 22.6 Å². The molecule has 5 heteroatoms. The number of ether oxygens (including phenoxy) is 1. The predicted molar refractivity (Wildman–Crippen MR) is 64.0 cm³/mol. The molecule has 0 saturated heterocycles.